The quantitative estimate of drug-likeness (QED) is 0.758. The van der Waals surface area contributed by atoms with E-state index in [9.17, 15) is 9.59 Å². The van der Waals surface area contributed by atoms with Crippen molar-refractivity contribution in [1.82, 2.24) is 15.5 Å². The van der Waals surface area contributed by atoms with Gasteiger partial charge >= 0.3 is 0 Å². The van der Waals surface area contributed by atoms with Crippen LogP contribution < -0.4 is 10.6 Å². The molecule has 148 valence electrons. The van der Waals surface area contributed by atoms with E-state index >= 15 is 0 Å². The highest BCUT2D eigenvalue weighted by molar-refractivity contribution is 5.86. The van der Waals surface area contributed by atoms with Crippen LogP contribution in [0.1, 0.15) is 39.0 Å². The Morgan fingerprint density at radius 1 is 1.23 bits per heavy atom. The van der Waals surface area contributed by atoms with E-state index in [2.05, 4.69) is 17.6 Å². The van der Waals surface area contributed by atoms with E-state index in [-0.39, 0.29) is 24.3 Å². The molecule has 1 spiro atoms. The van der Waals surface area contributed by atoms with E-state index in [0.717, 1.165) is 38.1 Å². The molecule has 0 bridgehead atoms. The second-order valence-corrected chi connectivity index (χ2v) is 7.92. The lowest BCUT2D eigenvalue weighted by Gasteiger charge is -2.41. The van der Waals surface area contributed by atoms with Gasteiger partial charge in [-0.2, -0.15) is 0 Å². The van der Waals surface area contributed by atoms with Gasteiger partial charge in [-0.15, -0.1) is 0 Å². The maximum Gasteiger partial charge on any atom is 0.242 e. The summed E-state index contributed by atoms with van der Waals surface area (Å²) in [5.74, 6) is 0.838. The van der Waals surface area contributed by atoms with E-state index in [1.807, 2.05) is 0 Å². The van der Waals surface area contributed by atoms with Crippen LogP contribution in [0.15, 0.2) is 0 Å². The molecule has 7 heteroatoms. The predicted octanol–water partition coefficient (Wildman–Crippen LogP) is 0.536. The maximum absolute atomic E-state index is 12.6. The third kappa shape index (κ3) is 4.96. The smallest absolute Gasteiger partial charge is 0.242 e. The summed E-state index contributed by atoms with van der Waals surface area (Å²) in [5.41, 5.74) is -0.465. The van der Waals surface area contributed by atoms with E-state index in [1.165, 1.54) is 6.42 Å². The third-order valence-electron chi connectivity index (χ3n) is 6.05. The zero-order chi connectivity index (χ0) is 18.4. The molecule has 0 unspecified atom stereocenters. The fourth-order valence-corrected chi connectivity index (χ4v) is 4.27. The SMILES string of the molecule is CCC1CCC(C(=O)NCC(=O)N2CCO[C@@]3(CNCCOC3)C2)CC1. The third-order valence-corrected chi connectivity index (χ3v) is 6.05. The second kappa shape index (κ2) is 9.15. The number of hydrogen-bond donors (Lipinski definition) is 2. The number of hydrogen-bond acceptors (Lipinski definition) is 5. The Bertz CT molecular complexity index is 483. The molecule has 3 rings (SSSR count). The number of ether oxygens (including phenoxy) is 2. The molecule has 2 N–H and O–H groups in total. The summed E-state index contributed by atoms with van der Waals surface area (Å²) in [6.07, 6.45) is 5.34. The van der Waals surface area contributed by atoms with Gasteiger partial charge in [0.05, 0.1) is 32.9 Å². The van der Waals surface area contributed by atoms with Crippen LogP contribution in [0.25, 0.3) is 0 Å². The molecule has 3 aliphatic rings. The van der Waals surface area contributed by atoms with Crippen molar-refractivity contribution in [3.05, 3.63) is 0 Å². The van der Waals surface area contributed by atoms with Gasteiger partial charge in [0.25, 0.3) is 0 Å². The minimum atomic E-state index is -0.465. The molecule has 2 saturated heterocycles. The normalized spacial score (nSPS) is 32.9. The van der Waals surface area contributed by atoms with E-state index in [0.29, 0.717) is 39.5 Å². The Morgan fingerprint density at radius 3 is 2.81 bits per heavy atom. The standard InChI is InChI=1S/C19H33N3O4/c1-2-15-3-5-16(6-4-15)18(24)21-11-17(23)22-8-10-26-19(13-22)12-20-7-9-25-14-19/h15-16,20H,2-14H2,1H3,(H,21,24)/t15?,16?,19-/m0/s1. The van der Waals surface area contributed by atoms with Crippen molar-refractivity contribution in [3.8, 4) is 0 Å². The van der Waals surface area contributed by atoms with Gasteiger partial charge in [-0.05, 0) is 31.6 Å². The molecule has 2 heterocycles. The molecule has 1 atom stereocenters. The number of morpholine rings is 1. The average molecular weight is 367 g/mol. The van der Waals surface area contributed by atoms with E-state index < -0.39 is 5.60 Å². The summed E-state index contributed by atoms with van der Waals surface area (Å²) in [7, 11) is 0. The summed E-state index contributed by atoms with van der Waals surface area (Å²) in [4.78, 5) is 26.8. The Labute approximate surface area is 156 Å². The first-order valence-electron chi connectivity index (χ1n) is 10.1. The van der Waals surface area contributed by atoms with Gasteiger partial charge in [0.15, 0.2) is 0 Å². The monoisotopic (exact) mass is 367 g/mol. The lowest BCUT2D eigenvalue weighted by atomic mass is 9.80. The molecule has 0 aromatic rings. The summed E-state index contributed by atoms with van der Waals surface area (Å²) in [6, 6.07) is 0. The van der Waals surface area contributed by atoms with Crippen LogP contribution in [0.4, 0.5) is 0 Å². The fourth-order valence-electron chi connectivity index (χ4n) is 4.27. The Balaban J connectivity index is 1.45. The molecule has 0 aromatic heterocycles. The van der Waals surface area contributed by atoms with Crippen LogP contribution >= 0.6 is 0 Å². The molecule has 3 fully saturated rings. The number of rotatable bonds is 4. The van der Waals surface area contributed by atoms with Crippen LogP contribution in [0.5, 0.6) is 0 Å². The minimum Gasteiger partial charge on any atom is -0.377 e. The Morgan fingerprint density at radius 2 is 2.04 bits per heavy atom. The maximum atomic E-state index is 12.6. The van der Waals surface area contributed by atoms with Gasteiger partial charge in [-0.3, -0.25) is 9.59 Å². The molecule has 0 aromatic carbocycles. The summed E-state index contributed by atoms with van der Waals surface area (Å²) in [5, 5.41) is 6.18. The van der Waals surface area contributed by atoms with Gasteiger partial charge < -0.3 is 25.0 Å². The fraction of sp³-hybridized carbons (Fsp3) is 0.895. The Kier molecular flexibility index (Phi) is 6.89. The molecule has 26 heavy (non-hydrogen) atoms. The number of nitrogens with one attached hydrogen (secondary N) is 2. The zero-order valence-electron chi connectivity index (χ0n) is 15.9. The Hall–Kier alpha value is -1.18. The molecular weight excluding hydrogens is 334 g/mol. The van der Waals surface area contributed by atoms with Crippen molar-refractivity contribution in [2.75, 3.05) is 52.5 Å². The lowest BCUT2D eigenvalue weighted by molar-refractivity contribution is -0.158. The van der Waals surface area contributed by atoms with Crippen LogP contribution in [-0.2, 0) is 19.1 Å². The number of amides is 2. The van der Waals surface area contributed by atoms with Gasteiger partial charge in [0, 0.05) is 25.6 Å². The highest BCUT2D eigenvalue weighted by atomic mass is 16.5. The van der Waals surface area contributed by atoms with Crippen LogP contribution in [-0.4, -0.2) is 74.9 Å². The van der Waals surface area contributed by atoms with Crippen molar-refractivity contribution in [1.29, 1.82) is 0 Å². The molecule has 2 amide bonds. The van der Waals surface area contributed by atoms with Gasteiger partial charge in [0.1, 0.15) is 5.60 Å². The highest BCUT2D eigenvalue weighted by Crippen LogP contribution is 2.30. The second-order valence-electron chi connectivity index (χ2n) is 7.92. The van der Waals surface area contributed by atoms with Crippen LogP contribution in [0.2, 0.25) is 0 Å². The molecule has 2 aliphatic heterocycles. The first-order valence-corrected chi connectivity index (χ1v) is 10.1. The largest absolute Gasteiger partial charge is 0.377 e. The predicted molar refractivity (Wildman–Crippen MR) is 97.7 cm³/mol. The molecule has 1 saturated carbocycles. The number of nitrogens with zero attached hydrogens (tertiary/aromatic N) is 1. The van der Waals surface area contributed by atoms with Crippen molar-refractivity contribution < 1.29 is 19.1 Å². The number of carbonyl (C=O) groups excluding carboxylic acids is 2. The van der Waals surface area contributed by atoms with Crippen molar-refractivity contribution in [2.24, 2.45) is 11.8 Å². The highest BCUT2D eigenvalue weighted by Gasteiger charge is 2.39. The molecular formula is C19H33N3O4. The molecule has 1 aliphatic carbocycles. The van der Waals surface area contributed by atoms with Crippen LogP contribution in [0.3, 0.4) is 0 Å². The summed E-state index contributed by atoms with van der Waals surface area (Å²) >= 11 is 0. The van der Waals surface area contributed by atoms with E-state index in [1.54, 1.807) is 4.90 Å². The zero-order valence-corrected chi connectivity index (χ0v) is 15.9. The molecule has 7 nitrogen and oxygen atoms in total. The van der Waals surface area contributed by atoms with Crippen molar-refractivity contribution in [3.63, 3.8) is 0 Å². The van der Waals surface area contributed by atoms with Crippen molar-refractivity contribution >= 4 is 11.8 Å². The lowest BCUT2D eigenvalue weighted by Crippen LogP contribution is -2.60. The van der Waals surface area contributed by atoms with Crippen LogP contribution in [0, 0.1) is 11.8 Å². The average Bonchev–Trinajstić information content (AvgIpc) is 2.91. The first kappa shape index (κ1) is 19.6. The molecule has 0 radical (unpaired) electrons. The van der Waals surface area contributed by atoms with Gasteiger partial charge in [0.2, 0.25) is 11.8 Å². The van der Waals surface area contributed by atoms with E-state index in [4.69, 9.17) is 9.47 Å². The summed E-state index contributed by atoms with van der Waals surface area (Å²) < 4.78 is 11.6. The minimum absolute atomic E-state index is 0.0347. The van der Waals surface area contributed by atoms with Gasteiger partial charge in [-0.1, -0.05) is 13.3 Å². The number of carbonyl (C=O) groups is 2. The van der Waals surface area contributed by atoms with Crippen molar-refractivity contribution in [2.45, 2.75) is 44.6 Å². The topological polar surface area (TPSA) is 79.9 Å². The summed E-state index contributed by atoms with van der Waals surface area (Å²) in [6.45, 7) is 6.52. The van der Waals surface area contributed by atoms with Gasteiger partial charge in [-0.25, -0.2) is 0 Å². The first-order chi connectivity index (χ1) is 12.6.